The standard InChI is InChI=1S/C15H25N3O/c1-4-12(3)10-18(5-2)11-13-8-6-7-9-14(13)15(16)17-19/h6-9,12,19H,4-5,10-11H2,1-3H3,(H2,16,17). The fraction of sp³-hybridized carbons (Fsp3) is 0.533. The minimum absolute atomic E-state index is 0.176. The van der Waals surface area contributed by atoms with Crippen LogP contribution < -0.4 is 5.73 Å². The quantitative estimate of drug-likeness (QED) is 0.344. The first-order valence-electron chi connectivity index (χ1n) is 6.90. The molecule has 0 heterocycles. The highest BCUT2D eigenvalue weighted by atomic mass is 16.4. The van der Waals surface area contributed by atoms with E-state index in [9.17, 15) is 0 Å². The van der Waals surface area contributed by atoms with Gasteiger partial charge in [0.2, 0.25) is 0 Å². The molecule has 1 aromatic rings. The van der Waals surface area contributed by atoms with Crippen LogP contribution in [0.2, 0.25) is 0 Å². The van der Waals surface area contributed by atoms with Crippen molar-refractivity contribution in [3.63, 3.8) is 0 Å². The Kier molecular flexibility index (Phi) is 6.36. The van der Waals surface area contributed by atoms with Gasteiger partial charge in [-0.3, -0.25) is 4.90 Å². The van der Waals surface area contributed by atoms with Gasteiger partial charge in [0.25, 0.3) is 0 Å². The van der Waals surface area contributed by atoms with Crippen molar-refractivity contribution >= 4 is 5.84 Å². The molecule has 1 rings (SSSR count). The zero-order chi connectivity index (χ0) is 14.3. The number of hydrogen-bond donors (Lipinski definition) is 2. The van der Waals surface area contributed by atoms with Crippen molar-refractivity contribution in [1.29, 1.82) is 0 Å². The molecular formula is C15H25N3O. The Morgan fingerprint density at radius 2 is 2.05 bits per heavy atom. The fourth-order valence-electron chi connectivity index (χ4n) is 2.08. The van der Waals surface area contributed by atoms with E-state index in [1.807, 2.05) is 24.3 Å². The van der Waals surface area contributed by atoms with Gasteiger partial charge in [-0.2, -0.15) is 0 Å². The van der Waals surface area contributed by atoms with Gasteiger partial charge in [0.15, 0.2) is 5.84 Å². The van der Waals surface area contributed by atoms with E-state index in [-0.39, 0.29) is 5.84 Å². The zero-order valence-electron chi connectivity index (χ0n) is 12.1. The van der Waals surface area contributed by atoms with Gasteiger partial charge in [-0.15, -0.1) is 0 Å². The molecule has 0 spiro atoms. The third kappa shape index (κ3) is 4.56. The van der Waals surface area contributed by atoms with Crippen molar-refractivity contribution in [1.82, 2.24) is 4.90 Å². The molecule has 19 heavy (non-hydrogen) atoms. The van der Waals surface area contributed by atoms with Crippen LogP contribution in [0.15, 0.2) is 29.4 Å². The van der Waals surface area contributed by atoms with Crippen molar-refractivity contribution in [2.45, 2.75) is 33.7 Å². The summed E-state index contributed by atoms with van der Waals surface area (Å²) in [5.74, 6) is 0.853. The second-order valence-corrected chi connectivity index (χ2v) is 4.98. The van der Waals surface area contributed by atoms with Crippen LogP contribution in [0.3, 0.4) is 0 Å². The Hall–Kier alpha value is -1.55. The molecule has 0 saturated heterocycles. The highest BCUT2D eigenvalue weighted by Crippen LogP contribution is 2.13. The molecule has 1 aromatic carbocycles. The van der Waals surface area contributed by atoms with Gasteiger partial charge in [0.05, 0.1) is 0 Å². The molecule has 0 saturated carbocycles. The van der Waals surface area contributed by atoms with Crippen molar-refractivity contribution in [2.24, 2.45) is 16.8 Å². The van der Waals surface area contributed by atoms with E-state index in [1.165, 1.54) is 6.42 Å². The average Bonchev–Trinajstić information content (AvgIpc) is 2.45. The lowest BCUT2D eigenvalue weighted by Crippen LogP contribution is -2.29. The lowest BCUT2D eigenvalue weighted by atomic mass is 10.0. The second kappa shape index (κ2) is 7.79. The maximum atomic E-state index is 8.84. The van der Waals surface area contributed by atoms with E-state index in [4.69, 9.17) is 10.9 Å². The predicted molar refractivity (Wildman–Crippen MR) is 79.4 cm³/mol. The number of benzene rings is 1. The summed E-state index contributed by atoms with van der Waals surface area (Å²) in [5, 5.41) is 11.9. The maximum absolute atomic E-state index is 8.84. The number of amidine groups is 1. The van der Waals surface area contributed by atoms with E-state index in [2.05, 4.69) is 30.8 Å². The predicted octanol–water partition coefficient (Wildman–Crippen LogP) is 2.65. The molecule has 0 aliphatic rings. The minimum Gasteiger partial charge on any atom is -0.409 e. The molecule has 0 aliphatic heterocycles. The van der Waals surface area contributed by atoms with Gasteiger partial charge in [0.1, 0.15) is 0 Å². The normalized spacial score (nSPS) is 13.8. The first kappa shape index (κ1) is 15.5. The van der Waals surface area contributed by atoms with Crippen LogP contribution in [0.25, 0.3) is 0 Å². The lowest BCUT2D eigenvalue weighted by Gasteiger charge is -2.24. The van der Waals surface area contributed by atoms with Crippen LogP contribution >= 0.6 is 0 Å². The van der Waals surface area contributed by atoms with Gasteiger partial charge < -0.3 is 10.9 Å². The second-order valence-electron chi connectivity index (χ2n) is 4.98. The van der Waals surface area contributed by atoms with Crippen LogP contribution in [0.1, 0.15) is 38.3 Å². The highest BCUT2D eigenvalue weighted by molar-refractivity contribution is 5.98. The van der Waals surface area contributed by atoms with Gasteiger partial charge in [-0.1, -0.05) is 56.6 Å². The van der Waals surface area contributed by atoms with Crippen LogP contribution in [-0.2, 0) is 6.54 Å². The monoisotopic (exact) mass is 263 g/mol. The third-order valence-corrected chi connectivity index (χ3v) is 3.51. The summed E-state index contributed by atoms with van der Waals surface area (Å²) >= 11 is 0. The van der Waals surface area contributed by atoms with Crippen molar-refractivity contribution in [3.05, 3.63) is 35.4 Å². The van der Waals surface area contributed by atoms with Crippen molar-refractivity contribution in [2.75, 3.05) is 13.1 Å². The van der Waals surface area contributed by atoms with Gasteiger partial charge in [0, 0.05) is 18.7 Å². The summed E-state index contributed by atoms with van der Waals surface area (Å²) in [6, 6.07) is 7.82. The Balaban J connectivity index is 2.85. The Morgan fingerprint density at radius 1 is 1.37 bits per heavy atom. The summed E-state index contributed by atoms with van der Waals surface area (Å²) in [6.07, 6.45) is 1.18. The van der Waals surface area contributed by atoms with Gasteiger partial charge in [-0.25, -0.2) is 0 Å². The van der Waals surface area contributed by atoms with E-state index >= 15 is 0 Å². The van der Waals surface area contributed by atoms with Crippen molar-refractivity contribution < 1.29 is 5.21 Å². The average molecular weight is 263 g/mol. The summed E-state index contributed by atoms with van der Waals surface area (Å²) in [7, 11) is 0. The number of rotatable bonds is 7. The van der Waals surface area contributed by atoms with Crippen LogP contribution in [0, 0.1) is 5.92 Å². The van der Waals surface area contributed by atoms with Crippen LogP contribution in [0.5, 0.6) is 0 Å². The van der Waals surface area contributed by atoms with Gasteiger partial charge >= 0.3 is 0 Å². The number of hydrogen-bond acceptors (Lipinski definition) is 3. The summed E-state index contributed by atoms with van der Waals surface area (Å²) < 4.78 is 0. The molecule has 1 unspecified atom stereocenters. The Morgan fingerprint density at radius 3 is 2.63 bits per heavy atom. The molecule has 0 amide bonds. The molecule has 0 radical (unpaired) electrons. The highest BCUT2D eigenvalue weighted by Gasteiger charge is 2.12. The number of oxime groups is 1. The third-order valence-electron chi connectivity index (χ3n) is 3.51. The smallest absolute Gasteiger partial charge is 0.170 e. The topological polar surface area (TPSA) is 61.8 Å². The zero-order valence-corrected chi connectivity index (χ0v) is 12.1. The molecule has 106 valence electrons. The molecule has 1 atom stereocenters. The number of nitrogens with two attached hydrogens (primary N) is 1. The minimum atomic E-state index is 0.176. The Bertz CT molecular complexity index is 418. The molecule has 0 aromatic heterocycles. The summed E-state index contributed by atoms with van der Waals surface area (Å²) in [4.78, 5) is 2.39. The number of nitrogens with zero attached hydrogens (tertiary/aromatic N) is 2. The molecule has 0 fully saturated rings. The molecule has 3 N–H and O–H groups in total. The summed E-state index contributed by atoms with van der Waals surface area (Å²) in [5.41, 5.74) is 7.63. The maximum Gasteiger partial charge on any atom is 0.170 e. The van der Waals surface area contributed by atoms with Crippen LogP contribution in [0.4, 0.5) is 0 Å². The van der Waals surface area contributed by atoms with E-state index in [0.29, 0.717) is 5.92 Å². The summed E-state index contributed by atoms with van der Waals surface area (Å²) in [6.45, 7) is 9.52. The molecule has 4 nitrogen and oxygen atoms in total. The fourth-order valence-corrected chi connectivity index (χ4v) is 2.08. The largest absolute Gasteiger partial charge is 0.409 e. The van der Waals surface area contributed by atoms with Crippen molar-refractivity contribution in [3.8, 4) is 0 Å². The van der Waals surface area contributed by atoms with E-state index in [0.717, 1.165) is 30.8 Å². The lowest BCUT2D eigenvalue weighted by molar-refractivity contribution is 0.238. The molecule has 0 aliphatic carbocycles. The van der Waals surface area contributed by atoms with Gasteiger partial charge in [-0.05, 0) is 18.0 Å². The molecular weight excluding hydrogens is 238 g/mol. The Labute approximate surface area is 115 Å². The molecule has 0 bridgehead atoms. The van der Waals surface area contributed by atoms with E-state index in [1.54, 1.807) is 0 Å². The SMILES string of the molecule is CCC(C)CN(CC)Cc1ccccc1C(N)=NO. The van der Waals surface area contributed by atoms with Crippen LogP contribution in [-0.4, -0.2) is 29.0 Å². The first-order chi connectivity index (χ1) is 9.12. The first-order valence-corrected chi connectivity index (χ1v) is 6.90. The van der Waals surface area contributed by atoms with E-state index < -0.39 is 0 Å². The molecule has 4 heteroatoms.